The van der Waals surface area contributed by atoms with E-state index in [0.717, 1.165) is 17.7 Å². The van der Waals surface area contributed by atoms with Gasteiger partial charge < -0.3 is 14.2 Å². The first-order valence-corrected chi connectivity index (χ1v) is 9.99. The van der Waals surface area contributed by atoms with Crippen LogP contribution in [0, 0.1) is 10.1 Å². The van der Waals surface area contributed by atoms with Gasteiger partial charge in [0, 0.05) is 28.2 Å². The van der Waals surface area contributed by atoms with Crippen molar-refractivity contribution < 1.29 is 23.9 Å². The van der Waals surface area contributed by atoms with E-state index in [1.165, 1.54) is 41.4 Å². The number of hydrogen-bond donors (Lipinski definition) is 0. The molecule has 2 aromatic carbocycles. The summed E-state index contributed by atoms with van der Waals surface area (Å²) in [5.74, 6) is 0.300. The Labute approximate surface area is 166 Å². The molecule has 0 bridgehead atoms. The molecule has 0 unspecified atom stereocenters. The quantitative estimate of drug-likeness (QED) is 0.315. The SMILES string of the molecule is O=C(CSc1ccc2c(c1)CCC2)OCc1cc([N+](=O)[O-])cc2c1OCOC2. The average molecular weight is 401 g/mol. The summed E-state index contributed by atoms with van der Waals surface area (Å²) >= 11 is 1.43. The fraction of sp³-hybridized carbons (Fsp3) is 0.350. The maximum atomic E-state index is 12.2. The number of carbonyl (C=O) groups is 1. The summed E-state index contributed by atoms with van der Waals surface area (Å²) < 4.78 is 16.0. The van der Waals surface area contributed by atoms with Gasteiger partial charge in [-0.2, -0.15) is 0 Å². The molecule has 0 aromatic heterocycles. The van der Waals surface area contributed by atoms with E-state index in [1.54, 1.807) is 0 Å². The third kappa shape index (κ3) is 4.13. The molecule has 1 heterocycles. The Kier molecular flexibility index (Phi) is 5.50. The Morgan fingerprint density at radius 2 is 2.04 bits per heavy atom. The van der Waals surface area contributed by atoms with Crippen molar-refractivity contribution in [1.82, 2.24) is 0 Å². The first-order valence-electron chi connectivity index (χ1n) is 9.01. The lowest BCUT2D eigenvalue weighted by atomic mass is 10.1. The summed E-state index contributed by atoms with van der Waals surface area (Å²) in [5, 5.41) is 11.1. The van der Waals surface area contributed by atoms with Crippen molar-refractivity contribution in [2.75, 3.05) is 12.5 Å². The monoisotopic (exact) mass is 401 g/mol. The highest BCUT2D eigenvalue weighted by atomic mass is 32.2. The molecule has 0 atom stereocenters. The van der Waals surface area contributed by atoms with Gasteiger partial charge in [-0.25, -0.2) is 0 Å². The largest absolute Gasteiger partial charge is 0.467 e. The summed E-state index contributed by atoms with van der Waals surface area (Å²) in [4.78, 5) is 23.9. The minimum atomic E-state index is -0.482. The molecule has 0 amide bonds. The highest BCUT2D eigenvalue weighted by Crippen LogP contribution is 2.33. The number of thioether (sulfide) groups is 1. The molecule has 8 heteroatoms. The summed E-state index contributed by atoms with van der Waals surface area (Å²) in [5.41, 5.74) is 3.74. The number of nitrogens with zero attached hydrogens (tertiary/aromatic N) is 1. The fourth-order valence-electron chi connectivity index (χ4n) is 3.47. The molecule has 2 aromatic rings. The van der Waals surface area contributed by atoms with Gasteiger partial charge >= 0.3 is 5.97 Å². The molecule has 0 N–H and O–H groups in total. The third-order valence-corrected chi connectivity index (χ3v) is 5.77. The lowest BCUT2D eigenvalue weighted by molar-refractivity contribution is -0.385. The Balaban J connectivity index is 1.38. The summed E-state index contributed by atoms with van der Waals surface area (Å²) in [6.07, 6.45) is 3.41. The lowest BCUT2D eigenvalue weighted by Crippen LogP contribution is -2.15. The molecule has 4 rings (SSSR count). The number of aryl methyl sites for hydroxylation is 2. The number of benzene rings is 2. The molecule has 0 saturated heterocycles. The van der Waals surface area contributed by atoms with Crippen LogP contribution < -0.4 is 4.74 Å². The van der Waals surface area contributed by atoms with Crippen molar-refractivity contribution >= 4 is 23.4 Å². The molecule has 0 radical (unpaired) electrons. The number of fused-ring (bicyclic) bond motifs is 2. The van der Waals surface area contributed by atoms with Gasteiger partial charge in [-0.05, 0) is 42.5 Å². The molecule has 0 spiro atoms. The molecule has 1 aliphatic heterocycles. The maximum absolute atomic E-state index is 12.2. The number of esters is 1. The first kappa shape index (κ1) is 18.8. The zero-order valence-electron chi connectivity index (χ0n) is 15.1. The predicted molar refractivity (Wildman–Crippen MR) is 102 cm³/mol. The molecular formula is C20H19NO6S. The number of rotatable bonds is 6. The second-order valence-corrected chi connectivity index (χ2v) is 7.74. The van der Waals surface area contributed by atoms with Crippen LogP contribution in [0.4, 0.5) is 5.69 Å². The van der Waals surface area contributed by atoms with E-state index >= 15 is 0 Å². The van der Waals surface area contributed by atoms with Crippen molar-refractivity contribution in [3.05, 3.63) is 62.7 Å². The summed E-state index contributed by atoms with van der Waals surface area (Å²) in [6.45, 7) is 0.222. The van der Waals surface area contributed by atoms with Gasteiger partial charge in [-0.15, -0.1) is 11.8 Å². The van der Waals surface area contributed by atoms with E-state index in [2.05, 4.69) is 12.1 Å². The second-order valence-electron chi connectivity index (χ2n) is 6.69. The van der Waals surface area contributed by atoms with Crippen LogP contribution in [0.15, 0.2) is 35.2 Å². The molecule has 1 aliphatic carbocycles. The second kappa shape index (κ2) is 8.20. The lowest BCUT2D eigenvalue weighted by Gasteiger charge is -2.20. The number of ether oxygens (including phenoxy) is 3. The number of nitro groups is 1. The normalized spacial score (nSPS) is 14.7. The highest BCUT2D eigenvalue weighted by Gasteiger charge is 2.22. The van der Waals surface area contributed by atoms with E-state index < -0.39 is 4.92 Å². The van der Waals surface area contributed by atoms with E-state index in [9.17, 15) is 14.9 Å². The first-order chi connectivity index (χ1) is 13.6. The minimum absolute atomic E-state index is 0.0694. The van der Waals surface area contributed by atoms with E-state index in [1.807, 2.05) is 6.07 Å². The fourth-order valence-corrected chi connectivity index (χ4v) is 4.23. The average Bonchev–Trinajstić information content (AvgIpc) is 3.18. The van der Waals surface area contributed by atoms with Gasteiger partial charge in [-0.1, -0.05) is 6.07 Å². The Morgan fingerprint density at radius 1 is 1.18 bits per heavy atom. The smallest absolute Gasteiger partial charge is 0.316 e. The summed E-state index contributed by atoms with van der Waals surface area (Å²) in [7, 11) is 0. The Morgan fingerprint density at radius 3 is 2.89 bits per heavy atom. The van der Waals surface area contributed by atoms with Crippen molar-refractivity contribution in [3.8, 4) is 5.75 Å². The van der Waals surface area contributed by atoms with Gasteiger partial charge in [0.05, 0.1) is 17.3 Å². The molecule has 0 saturated carbocycles. The standard InChI is InChI=1S/C20H19NO6S/c22-19(11-28-18-5-4-13-2-1-3-14(13)8-18)26-10-16-7-17(21(23)24)6-15-9-25-12-27-20(15)16/h4-8H,1-3,9-12H2. The van der Waals surface area contributed by atoms with Gasteiger partial charge in [0.2, 0.25) is 0 Å². The van der Waals surface area contributed by atoms with Crippen LogP contribution in [0.25, 0.3) is 0 Å². The predicted octanol–water partition coefficient (Wildman–Crippen LogP) is 3.79. The van der Waals surface area contributed by atoms with Crippen molar-refractivity contribution in [3.63, 3.8) is 0 Å². The van der Waals surface area contributed by atoms with Crippen LogP contribution >= 0.6 is 11.8 Å². The Bertz CT molecular complexity index is 929. The minimum Gasteiger partial charge on any atom is -0.467 e. The number of hydrogen-bond acceptors (Lipinski definition) is 7. The van der Waals surface area contributed by atoms with E-state index in [0.29, 0.717) is 16.9 Å². The molecule has 28 heavy (non-hydrogen) atoms. The molecule has 7 nitrogen and oxygen atoms in total. The van der Waals surface area contributed by atoms with Crippen LogP contribution in [0.5, 0.6) is 5.75 Å². The maximum Gasteiger partial charge on any atom is 0.316 e. The number of nitro benzene ring substituents is 1. The van der Waals surface area contributed by atoms with Gasteiger partial charge in [0.25, 0.3) is 5.69 Å². The van der Waals surface area contributed by atoms with Gasteiger partial charge in [0.1, 0.15) is 12.4 Å². The van der Waals surface area contributed by atoms with Crippen LogP contribution in [-0.2, 0) is 40.3 Å². The Hall–Kier alpha value is -2.58. The van der Waals surface area contributed by atoms with Crippen LogP contribution in [0.1, 0.15) is 28.7 Å². The van der Waals surface area contributed by atoms with E-state index in [-0.39, 0.29) is 37.4 Å². The van der Waals surface area contributed by atoms with E-state index in [4.69, 9.17) is 14.2 Å². The van der Waals surface area contributed by atoms with Crippen molar-refractivity contribution in [1.29, 1.82) is 0 Å². The van der Waals surface area contributed by atoms with Crippen LogP contribution in [0.3, 0.4) is 0 Å². The molecular weight excluding hydrogens is 382 g/mol. The van der Waals surface area contributed by atoms with Gasteiger partial charge in [-0.3, -0.25) is 14.9 Å². The molecule has 146 valence electrons. The van der Waals surface area contributed by atoms with Crippen LogP contribution in [-0.4, -0.2) is 23.4 Å². The number of non-ortho nitro benzene ring substituents is 1. The zero-order valence-corrected chi connectivity index (χ0v) is 16.0. The topological polar surface area (TPSA) is 87.9 Å². The van der Waals surface area contributed by atoms with Gasteiger partial charge in [0.15, 0.2) is 6.79 Å². The highest BCUT2D eigenvalue weighted by molar-refractivity contribution is 8.00. The molecule has 2 aliphatic rings. The van der Waals surface area contributed by atoms with Crippen molar-refractivity contribution in [2.24, 2.45) is 0 Å². The number of carbonyl (C=O) groups excluding carboxylic acids is 1. The summed E-state index contributed by atoms with van der Waals surface area (Å²) in [6, 6.07) is 9.11. The van der Waals surface area contributed by atoms with Crippen LogP contribution in [0.2, 0.25) is 0 Å². The molecule has 0 fully saturated rings. The third-order valence-electron chi connectivity index (χ3n) is 4.80. The zero-order chi connectivity index (χ0) is 19.5. The van der Waals surface area contributed by atoms with Crippen molar-refractivity contribution in [2.45, 2.75) is 37.4 Å².